The van der Waals surface area contributed by atoms with Gasteiger partial charge < -0.3 is 0 Å². The Morgan fingerprint density at radius 1 is 1.06 bits per heavy atom. The molecule has 0 saturated heterocycles. The van der Waals surface area contributed by atoms with Crippen LogP contribution in [0.25, 0.3) is 0 Å². The fourth-order valence-corrected chi connectivity index (χ4v) is 2.11. The Labute approximate surface area is 106 Å². The second kappa shape index (κ2) is 6.73. The summed E-state index contributed by atoms with van der Waals surface area (Å²) < 4.78 is 0. The van der Waals surface area contributed by atoms with E-state index in [1.54, 1.807) is 0 Å². The van der Waals surface area contributed by atoms with E-state index in [0.29, 0.717) is 0 Å². The quantitative estimate of drug-likeness (QED) is 0.703. The van der Waals surface area contributed by atoms with E-state index in [4.69, 9.17) is 0 Å². The molecule has 1 atom stereocenters. The molecule has 0 aliphatic heterocycles. The van der Waals surface area contributed by atoms with Crippen LogP contribution in [0.2, 0.25) is 0 Å². The number of unbranched alkanes of at least 4 members (excludes halogenated alkanes) is 1. The number of aromatic nitrogens is 2. The summed E-state index contributed by atoms with van der Waals surface area (Å²) in [7, 11) is 0. The van der Waals surface area contributed by atoms with Gasteiger partial charge in [0.1, 0.15) is 5.82 Å². The molecule has 0 radical (unpaired) electrons. The van der Waals surface area contributed by atoms with Crippen molar-refractivity contribution in [2.75, 3.05) is 0 Å². The van der Waals surface area contributed by atoms with Gasteiger partial charge in [-0.2, -0.15) is 0 Å². The number of nitrogens with zero attached hydrogens (tertiary/aromatic N) is 2. The lowest BCUT2D eigenvalue weighted by Gasteiger charge is -2.28. The number of hydrogen-bond acceptors (Lipinski definition) is 2. The molecule has 0 aliphatic carbocycles. The minimum absolute atomic E-state index is 0.251. The summed E-state index contributed by atoms with van der Waals surface area (Å²) >= 11 is 0. The molecule has 96 valence electrons. The Hall–Kier alpha value is -0.920. The van der Waals surface area contributed by atoms with E-state index < -0.39 is 0 Å². The lowest BCUT2D eigenvalue weighted by Crippen LogP contribution is -2.21. The van der Waals surface area contributed by atoms with Crippen molar-refractivity contribution in [2.24, 2.45) is 0 Å². The van der Waals surface area contributed by atoms with Gasteiger partial charge in [-0.15, -0.1) is 0 Å². The summed E-state index contributed by atoms with van der Waals surface area (Å²) in [6.45, 7) is 9.00. The zero-order chi connectivity index (χ0) is 12.7. The summed E-state index contributed by atoms with van der Waals surface area (Å²) in [4.78, 5) is 8.96. The molecule has 1 aromatic rings. The number of rotatable bonds is 7. The highest BCUT2D eigenvalue weighted by Gasteiger charge is 2.24. The average molecular weight is 234 g/mol. The molecule has 0 fully saturated rings. The van der Waals surface area contributed by atoms with Crippen LogP contribution in [0.15, 0.2) is 12.4 Å². The summed E-state index contributed by atoms with van der Waals surface area (Å²) in [5.74, 6) is 0.977. The van der Waals surface area contributed by atoms with Crippen LogP contribution in [-0.2, 0) is 11.8 Å². The third-order valence-corrected chi connectivity index (χ3v) is 3.74. The van der Waals surface area contributed by atoms with Crippen LogP contribution in [0, 0.1) is 0 Å². The van der Waals surface area contributed by atoms with Gasteiger partial charge in [-0.1, -0.05) is 40.5 Å². The van der Waals surface area contributed by atoms with E-state index in [0.717, 1.165) is 25.1 Å². The lowest BCUT2D eigenvalue weighted by molar-refractivity contribution is 0.400. The van der Waals surface area contributed by atoms with Crippen LogP contribution in [0.4, 0.5) is 0 Å². The van der Waals surface area contributed by atoms with E-state index in [-0.39, 0.29) is 5.41 Å². The summed E-state index contributed by atoms with van der Waals surface area (Å²) in [6.07, 6.45) is 11.1. The van der Waals surface area contributed by atoms with Gasteiger partial charge >= 0.3 is 0 Å². The fraction of sp³-hybridized carbons (Fsp3) is 0.733. The molecule has 0 N–H and O–H groups in total. The average Bonchev–Trinajstić information content (AvgIpc) is 2.37. The first kappa shape index (κ1) is 14.1. The fourth-order valence-electron chi connectivity index (χ4n) is 2.11. The van der Waals surface area contributed by atoms with Crippen molar-refractivity contribution < 1.29 is 0 Å². The highest BCUT2D eigenvalue weighted by Crippen LogP contribution is 2.32. The Kier molecular flexibility index (Phi) is 5.60. The van der Waals surface area contributed by atoms with Gasteiger partial charge in [0, 0.05) is 18.8 Å². The Balaban J connectivity index is 2.80. The van der Waals surface area contributed by atoms with Gasteiger partial charge in [-0.05, 0) is 30.2 Å². The Morgan fingerprint density at radius 2 is 1.71 bits per heavy atom. The van der Waals surface area contributed by atoms with Crippen LogP contribution in [0.5, 0.6) is 0 Å². The van der Waals surface area contributed by atoms with Crippen LogP contribution in [0.3, 0.4) is 0 Å². The van der Waals surface area contributed by atoms with Crippen molar-refractivity contribution in [3.63, 3.8) is 0 Å². The first-order valence-corrected chi connectivity index (χ1v) is 6.97. The highest BCUT2D eigenvalue weighted by molar-refractivity contribution is 5.18. The molecule has 2 heteroatoms. The Morgan fingerprint density at radius 3 is 2.18 bits per heavy atom. The topological polar surface area (TPSA) is 25.8 Å². The minimum Gasteiger partial charge on any atom is -0.241 e. The van der Waals surface area contributed by atoms with Crippen molar-refractivity contribution in [3.8, 4) is 0 Å². The third kappa shape index (κ3) is 3.79. The molecule has 2 nitrogen and oxygen atoms in total. The van der Waals surface area contributed by atoms with E-state index in [1.165, 1.54) is 24.8 Å². The van der Waals surface area contributed by atoms with E-state index in [2.05, 4.69) is 37.7 Å². The van der Waals surface area contributed by atoms with E-state index in [1.807, 2.05) is 12.4 Å². The van der Waals surface area contributed by atoms with Gasteiger partial charge in [-0.3, -0.25) is 0 Å². The van der Waals surface area contributed by atoms with Crippen LogP contribution in [0.1, 0.15) is 71.2 Å². The van der Waals surface area contributed by atoms with Gasteiger partial charge in [0.25, 0.3) is 0 Å². The molecule has 1 rings (SSSR count). The lowest BCUT2D eigenvalue weighted by atomic mass is 9.77. The van der Waals surface area contributed by atoms with Crippen molar-refractivity contribution in [2.45, 2.75) is 71.6 Å². The minimum atomic E-state index is 0.251. The van der Waals surface area contributed by atoms with Gasteiger partial charge in [0.2, 0.25) is 0 Å². The highest BCUT2D eigenvalue weighted by atomic mass is 14.9. The standard InChI is InChI=1S/C15H26N2/c1-5-8-10-15(4,7-3)13-11-16-14(9-6-2)17-12-13/h11-12H,5-10H2,1-4H3. The molecule has 0 spiro atoms. The SMILES string of the molecule is CCCCC(C)(CC)c1cnc(CCC)nc1. The van der Waals surface area contributed by atoms with E-state index >= 15 is 0 Å². The van der Waals surface area contributed by atoms with Crippen molar-refractivity contribution >= 4 is 0 Å². The van der Waals surface area contributed by atoms with Crippen LogP contribution in [-0.4, -0.2) is 9.97 Å². The molecule has 1 heterocycles. The van der Waals surface area contributed by atoms with Gasteiger partial charge in [0.15, 0.2) is 0 Å². The van der Waals surface area contributed by atoms with Crippen LogP contribution >= 0.6 is 0 Å². The second-order valence-corrected chi connectivity index (χ2v) is 5.16. The zero-order valence-electron chi connectivity index (χ0n) is 11.8. The second-order valence-electron chi connectivity index (χ2n) is 5.16. The van der Waals surface area contributed by atoms with Gasteiger partial charge in [-0.25, -0.2) is 9.97 Å². The predicted octanol–water partition coefficient (Wildman–Crippen LogP) is 4.29. The first-order valence-electron chi connectivity index (χ1n) is 6.97. The Bertz CT molecular complexity index is 318. The molecule has 0 saturated carbocycles. The molecular formula is C15H26N2. The number of aryl methyl sites for hydroxylation is 1. The molecular weight excluding hydrogens is 208 g/mol. The maximum absolute atomic E-state index is 4.48. The summed E-state index contributed by atoms with van der Waals surface area (Å²) in [6, 6.07) is 0. The monoisotopic (exact) mass is 234 g/mol. The van der Waals surface area contributed by atoms with Crippen molar-refractivity contribution in [1.82, 2.24) is 9.97 Å². The molecule has 0 aromatic carbocycles. The molecule has 1 aromatic heterocycles. The zero-order valence-corrected chi connectivity index (χ0v) is 11.8. The van der Waals surface area contributed by atoms with Crippen molar-refractivity contribution in [3.05, 3.63) is 23.8 Å². The normalized spacial score (nSPS) is 14.6. The molecule has 0 amide bonds. The van der Waals surface area contributed by atoms with Crippen molar-refractivity contribution in [1.29, 1.82) is 0 Å². The third-order valence-electron chi connectivity index (χ3n) is 3.74. The summed E-state index contributed by atoms with van der Waals surface area (Å²) in [5, 5.41) is 0. The molecule has 0 bridgehead atoms. The van der Waals surface area contributed by atoms with Gasteiger partial charge in [0.05, 0.1) is 0 Å². The number of hydrogen-bond donors (Lipinski definition) is 0. The van der Waals surface area contributed by atoms with E-state index in [9.17, 15) is 0 Å². The molecule has 0 aliphatic rings. The first-order chi connectivity index (χ1) is 8.16. The predicted molar refractivity (Wildman–Crippen MR) is 73.2 cm³/mol. The molecule has 17 heavy (non-hydrogen) atoms. The maximum Gasteiger partial charge on any atom is 0.128 e. The largest absolute Gasteiger partial charge is 0.241 e. The summed E-state index contributed by atoms with van der Waals surface area (Å²) in [5.41, 5.74) is 1.55. The molecule has 1 unspecified atom stereocenters. The maximum atomic E-state index is 4.48. The smallest absolute Gasteiger partial charge is 0.128 e. The van der Waals surface area contributed by atoms with Crippen LogP contribution < -0.4 is 0 Å².